The first-order valence-electron chi connectivity index (χ1n) is 7.45. The number of ether oxygens (including phenoxy) is 1. The minimum absolute atomic E-state index is 0. The van der Waals surface area contributed by atoms with Gasteiger partial charge in [0, 0.05) is 20.2 Å². The Labute approximate surface area is 135 Å². The third-order valence-electron chi connectivity index (χ3n) is 4.61. The van der Waals surface area contributed by atoms with Crippen LogP contribution in [0.2, 0.25) is 0 Å². The maximum absolute atomic E-state index is 12.9. The summed E-state index contributed by atoms with van der Waals surface area (Å²) in [5.74, 6) is -1.56. The van der Waals surface area contributed by atoms with E-state index in [1.165, 1.54) is 12.0 Å². The molecule has 2 fully saturated rings. The number of carbonyl (C=O) groups excluding carboxylic acids is 1. The van der Waals surface area contributed by atoms with Crippen LogP contribution in [0.1, 0.15) is 25.7 Å². The van der Waals surface area contributed by atoms with Gasteiger partial charge in [0.25, 0.3) is 0 Å². The highest BCUT2D eigenvalue weighted by atomic mass is 35.5. The van der Waals surface area contributed by atoms with Crippen LogP contribution in [0.25, 0.3) is 0 Å². The quantitative estimate of drug-likeness (QED) is 0.853. The minimum Gasteiger partial charge on any atom is -0.384 e. The molecule has 2 heterocycles. The Balaban J connectivity index is 0.00000242. The SMILES string of the molecule is COCC1(C(=O)N2CCCC(C(F)(F)F)C2)CCNCC1.Cl. The van der Waals surface area contributed by atoms with E-state index in [0.717, 1.165) is 0 Å². The average molecular weight is 345 g/mol. The molecular weight excluding hydrogens is 321 g/mol. The maximum Gasteiger partial charge on any atom is 0.393 e. The first kappa shape index (κ1) is 19.5. The summed E-state index contributed by atoms with van der Waals surface area (Å²) in [4.78, 5) is 14.2. The Morgan fingerprint density at radius 3 is 2.55 bits per heavy atom. The number of nitrogens with zero attached hydrogens (tertiary/aromatic N) is 1. The Kier molecular flexibility index (Phi) is 6.95. The van der Waals surface area contributed by atoms with Crippen LogP contribution in [0.3, 0.4) is 0 Å². The smallest absolute Gasteiger partial charge is 0.384 e. The molecule has 0 aromatic heterocycles. The highest BCUT2D eigenvalue weighted by Crippen LogP contribution is 2.37. The lowest BCUT2D eigenvalue weighted by molar-refractivity contribution is -0.190. The number of halogens is 4. The summed E-state index contributed by atoms with van der Waals surface area (Å²) < 4.78 is 43.9. The molecule has 1 N–H and O–H groups in total. The lowest BCUT2D eigenvalue weighted by Gasteiger charge is -2.42. The Hall–Kier alpha value is -0.530. The fourth-order valence-corrected chi connectivity index (χ4v) is 3.37. The van der Waals surface area contributed by atoms with Crippen molar-refractivity contribution >= 4 is 18.3 Å². The van der Waals surface area contributed by atoms with E-state index < -0.39 is 17.5 Å². The second-order valence-corrected chi connectivity index (χ2v) is 6.10. The van der Waals surface area contributed by atoms with E-state index in [9.17, 15) is 18.0 Å². The molecule has 0 radical (unpaired) electrons. The minimum atomic E-state index is -4.22. The maximum atomic E-state index is 12.9. The molecule has 0 aliphatic carbocycles. The van der Waals surface area contributed by atoms with Gasteiger partial charge in [0.15, 0.2) is 0 Å². The van der Waals surface area contributed by atoms with Crippen LogP contribution >= 0.6 is 12.4 Å². The van der Waals surface area contributed by atoms with E-state index in [1.807, 2.05) is 0 Å². The van der Waals surface area contributed by atoms with Crippen LogP contribution < -0.4 is 5.32 Å². The molecule has 2 rings (SSSR count). The normalized spacial score (nSPS) is 25.5. The number of amides is 1. The first-order chi connectivity index (χ1) is 9.89. The number of hydrogen-bond donors (Lipinski definition) is 1. The van der Waals surface area contributed by atoms with Gasteiger partial charge in [-0.2, -0.15) is 13.2 Å². The summed E-state index contributed by atoms with van der Waals surface area (Å²) in [6.07, 6.45) is -2.45. The van der Waals surface area contributed by atoms with Crippen molar-refractivity contribution in [2.45, 2.75) is 31.9 Å². The van der Waals surface area contributed by atoms with Gasteiger partial charge in [-0.3, -0.25) is 4.79 Å². The number of rotatable bonds is 3. The number of piperidine rings is 2. The zero-order valence-electron chi connectivity index (χ0n) is 12.7. The van der Waals surface area contributed by atoms with Gasteiger partial charge in [0.2, 0.25) is 5.91 Å². The first-order valence-corrected chi connectivity index (χ1v) is 7.45. The van der Waals surface area contributed by atoms with Crippen molar-refractivity contribution in [2.75, 3.05) is 39.9 Å². The molecule has 130 valence electrons. The van der Waals surface area contributed by atoms with Crippen LogP contribution in [0.15, 0.2) is 0 Å². The monoisotopic (exact) mass is 344 g/mol. The van der Waals surface area contributed by atoms with Crippen LogP contribution in [0, 0.1) is 11.3 Å². The van der Waals surface area contributed by atoms with Crippen LogP contribution in [-0.2, 0) is 9.53 Å². The molecule has 2 aliphatic rings. The molecule has 1 atom stereocenters. The summed E-state index contributed by atoms with van der Waals surface area (Å²) >= 11 is 0. The molecule has 0 aromatic rings. The van der Waals surface area contributed by atoms with E-state index in [2.05, 4.69) is 5.32 Å². The van der Waals surface area contributed by atoms with Crippen LogP contribution in [0.4, 0.5) is 13.2 Å². The zero-order chi connectivity index (χ0) is 15.5. The summed E-state index contributed by atoms with van der Waals surface area (Å²) in [5, 5.41) is 3.18. The van der Waals surface area contributed by atoms with Crippen molar-refractivity contribution < 1.29 is 22.7 Å². The molecule has 0 bridgehead atoms. The number of methoxy groups -OCH3 is 1. The van der Waals surface area contributed by atoms with Crippen molar-refractivity contribution in [1.82, 2.24) is 10.2 Å². The van der Waals surface area contributed by atoms with E-state index in [1.54, 1.807) is 0 Å². The summed E-state index contributed by atoms with van der Waals surface area (Å²) in [7, 11) is 1.53. The summed E-state index contributed by atoms with van der Waals surface area (Å²) in [6, 6.07) is 0. The molecule has 0 saturated carbocycles. The van der Waals surface area contributed by atoms with Crippen molar-refractivity contribution in [3.8, 4) is 0 Å². The third-order valence-corrected chi connectivity index (χ3v) is 4.61. The standard InChI is InChI=1S/C14H23F3N2O2.ClH/c1-21-10-13(4-6-18-7-5-13)12(20)19-8-2-3-11(9-19)14(15,16)17;/h11,18H,2-10H2,1H3;1H. The van der Waals surface area contributed by atoms with Crippen LogP contribution in [-0.4, -0.2) is 56.9 Å². The van der Waals surface area contributed by atoms with Crippen molar-refractivity contribution in [3.05, 3.63) is 0 Å². The largest absolute Gasteiger partial charge is 0.393 e. The van der Waals surface area contributed by atoms with Gasteiger partial charge < -0.3 is 15.0 Å². The molecule has 0 spiro atoms. The Morgan fingerprint density at radius 1 is 1.36 bits per heavy atom. The number of nitrogens with one attached hydrogen (secondary N) is 1. The van der Waals surface area contributed by atoms with E-state index in [4.69, 9.17) is 4.74 Å². The van der Waals surface area contributed by atoms with E-state index in [0.29, 0.717) is 38.9 Å². The fourth-order valence-electron chi connectivity index (χ4n) is 3.37. The predicted octanol–water partition coefficient (Wildman–Crippen LogP) is 2.23. The molecule has 4 nitrogen and oxygen atoms in total. The molecule has 0 aromatic carbocycles. The van der Waals surface area contributed by atoms with Gasteiger partial charge in [0.1, 0.15) is 0 Å². The van der Waals surface area contributed by atoms with Crippen molar-refractivity contribution in [1.29, 1.82) is 0 Å². The van der Waals surface area contributed by atoms with Crippen molar-refractivity contribution in [2.24, 2.45) is 11.3 Å². The molecule has 1 amide bonds. The molecule has 2 aliphatic heterocycles. The van der Waals surface area contributed by atoms with Gasteiger partial charge >= 0.3 is 6.18 Å². The van der Waals surface area contributed by atoms with E-state index >= 15 is 0 Å². The number of likely N-dealkylation sites (tertiary alicyclic amines) is 1. The topological polar surface area (TPSA) is 41.6 Å². The lowest BCUT2D eigenvalue weighted by Crippen LogP contribution is -2.54. The summed E-state index contributed by atoms with van der Waals surface area (Å²) in [5.41, 5.74) is -0.659. The molecule has 2 saturated heterocycles. The average Bonchev–Trinajstić information content (AvgIpc) is 2.47. The van der Waals surface area contributed by atoms with Crippen molar-refractivity contribution in [3.63, 3.8) is 0 Å². The van der Waals surface area contributed by atoms with Gasteiger partial charge in [0.05, 0.1) is 17.9 Å². The van der Waals surface area contributed by atoms with Gasteiger partial charge in [-0.05, 0) is 38.8 Å². The van der Waals surface area contributed by atoms with Gasteiger partial charge in [-0.15, -0.1) is 12.4 Å². The fraction of sp³-hybridized carbons (Fsp3) is 0.929. The zero-order valence-corrected chi connectivity index (χ0v) is 13.6. The summed E-state index contributed by atoms with van der Waals surface area (Å²) in [6.45, 7) is 1.89. The third kappa shape index (κ3) is 4.26. The number of alkyl halides is 3. The Morgan fingerprint density at radius 2 is 2.00 bits per heavy atom. The van der Waals surface area contributed by atoms with Crippen LogP contribution in [0.5, 0.6) is 0 Å². The molecule has 1 unspecified atom stereocenters. The number of carbonyl (C=O) groups is 1. The number of hydrogen-bond acceptors (Lipinski definition) is 3. The molecule has 8 heteroatoms. The molecular formula is C14H24ClF3N2O2. The highest BCUT2D eigenvalue weighted by Gasteiger charge is 2.47. The Bertz CT molecular complexity index is 368. The lowest BCUT2D eigenvalue weighted by atomic mass is 9.77. The highest BCUT2D eigenvalue weighted by molar-refractivity contribution is 5.85. The molecule has 22 heavy (non-hydrogen) atoms. The van der Waals surface area contributed by atoms with E-state index in [-0.39, 0.29) is 37.9 Å². The second-order valence-electron chi connectivity index (χ2n) is 6.10. The van der Waals surface area contributed by atoms with Gasteiger partial charge in [-0.25, -0.2) is 0 Å². The van der Waals surface area contributed by atoms with Gasteiger partial charge in [-0.1, -0.05) is 0 Å². The predicted molar refractivity (Wildman–Crippen MR) is 79.0 cm³/mol. The second kappa shape index (κ2) is 7.84.